The van der Waals surface area contributed by atoms with Gasteiger partial charge in [-0.2, -0.15) is 0 Å². The Morgan fingerprint density at radius 1 is 1.08 bits per heavy atom. The van der Waals surface area contributed by atoms with Gasteiger partial charge in [0, 0.05) is 17.5 Å². The highest BCUT2D eigenvalue weighted by Gasteiger charge is 2.17. The third-order valence-electron chi connectivity index (χ3n) is 3.83. The number of hydrogen-bond donors (Lipinski definition) is 0. The van der Waals surface area contributed by atoms with Crippen LogP contribution in [0.5, 0.6) is 11.5 Å². The monoisotopic (exact) mass is 365 g/mol. The first kappa shape index (κ1) is 15.4. The predicted octanol–water partition coefficient (Wildman–Crippen LogP) is 4.11. The summed E-state index contributed by atoms with van der Waals surface area (Å²) in [5, 5.41) is 0.982. The van der Waals surface area contributed by atoms with Crippen LogP contribution in [0, 0.1) is 0 Å². The first-order valence-electron chi connectivity index (χ1n) is 7.49. The SMILES string of the molecule is O=c1oc2cc(Cl)ccc2n1Cc1cc(Cl)c2c(c1)OCCCO2. The van der Waals surface area contributed by atoms with E-state index in [9.17, 15) is 4.79 Å². The molecule has 3 aromatic rings. The molecule has 0 saturated heterocycles. The molecule has 4 rings (SSSR count). The second kappa shape index (κ2) is 6.07. The van der Waals surface area contributed by atoms with Gasteiger partial charge in [0.05, 0.1) is 30.3 Å². The van der Waals surface area contributed by atoms with Gasteiger partial charge in [-0.15, -0.1) is 0 Å². The number of oxazole rings is 1. The topological polar surface area (TPSA) is 53.6 Å². The number of fused-ring (bicyclic) bond motifs is 2. The summed E-state index contributed by atoms with van der Waals surface area (Å²) in [6.45, 7) is 1.45. The van der Waals surface area contributed by atoms with Crippen molar-refractivity contribution in [2.75, 3.05) is 13.2 Å². The first-order valence-corrected chi connectivity index (χ1v) is 8.24. The van der Waals surface area contributed by atoms with Gasteiger partial charge >= 0.3 is 5.76 Å². The third-order valence-corrected chi connectivity index (χ3v) is 4.35. The molecule has 24 heavy (non-hydrogen) atoms. The minimum atomic E-state index is -0.449. The van der Waals surface area contributed by atoms with Crippen LogP contribution in [0.4, 0.5) is 0 Å². The zero-order chi connectivity index (χ0) is 16.7. The lowest BCUT2D eigenvalue weighted by Gasteiger charge is -2.11. The maximum Gasteiger partial charge on any atom is 0.420 e. The van der Waals surface area contributed by atoms with Crippen molar-refractivity contribution in [1.82, 2.24) is 4.57 Å². The van der Waals surface area contributed by atoms with Crippen molar-refractivity contribution in [2.24, 2.45) is 0 Å². The van der Waals surface area contributed by atoms with E-state index >= 15 is 0 Å². The lowest BCUT2D eigenvalue weighted by Crippen LogP contribution is -2.15. The molecule has 5 nitrogen and oxygen atoms in total. The molecule has 0 aliphatic carbocycles. The average Bonchev–Trinajstić information content (AvgIpc) is 2.72. The van der Waals surface area contributed by atoms with Gasteiger partial charge in [-0.25, -0.2) is 4.79 Å². The van der Waals surface area contributed by atoms with Crippen LogP contribution in [0.15, 0.2) is 39.5 Å². The van der Waals surface area contributed by atoms with Crippen molar-refractivity contribution in [3.8, 4) is 11.5 Å². The van der Waals surface area contributed by atoms with Crippen LogP contribution in [-0.4, -0.2) is 17.8 Å². The second-order valence-corrected chi connectivity index (χ2v) is 6.37. The summed E-state index contributed by atoms with van der Waals surface area (Å²) >= 11 is 12.2. The van der Waals surface area contributed by atoms with Crippen molar-refractivity contribution in [2.45, 2.75) is 13.0 Å². The van der Waals surface area contributed by atoms with Crippen molar-refractivity contribution in [3.63, 3.8) is 0 Å². The second-order valence-electron chi connectivity index (χ2n) is 5.52. The molecule has 0 radical (unpaired) electrons. The van der Waals surface area contributed by atoms with E-state index in [-0.39, 0.29) is 0 Å². The largest absolute Gasteiger partial charge is 0.489 e. The first-order chi connectivity index (χ1) is 11.6. The molecule has 124 valence electrons. The van der Waals surface area contributed by atoms with Crippen LogP contribution in [-0.2, 0) is 6.54 Å². The van der Waals surface area contributed by atoms with Crippen molar-refractivity contribution < 1.29 is 13.9 Å². The molecule has 0 fully saturated rings. The van der Waals surface area contributed by atoms with Gasteiger partial charge in [0.15, 0.2) is 17.1 Å². The van der Waals surface area contributed by atoms with Gasteiger partial charge in [0.2, 0.25) is 0 Å². The molecule has 0 amide bonds. The molecule has 1 aliphatic heterocycles. The Morgan fingerprint density at radius 3 is 2.79 bits per heavy atom. The lowest BCUT2D eigenvalue weighted by atomic mass is 10.2. The fourth-order valence-electron chi connectivity index (χ4n) is 2.75. The fraction of sp³-hybridized carbons (Fsp3) is 0.235. The molecule has 0 N–H and O–H groups in total. The zero-order valence-corrected chi connectivity index (χ0v) is 14.1. The van der Waals surface area contributed by atoms with E-state index in [4.69, 9.17) is 37.1 Å². The van der Waals surface area contributed by atoms with Gasteiger partial charge in [0.1, 0.15) is 0 Å². The predicted molar refractivity (Wildman–Crippen MR) is 91.6 cm³/mol. The van der Waals surface area contributed by atoms with E-state index in [0.29, 0.717) is 52.4 Å². The molecule has 1 aliphatic rings. The summed E-state index contributed by atoms with van der Waals surface area (Å²) in [6.07, 6.45) is 0.799. The van der Waals surface area contributed by atoms with Gasteiger partial charge in [-0.1, -0.05) is 23.2 Å². The Bertz CT molecular complexity index is 977. The molecule has 0 spiro atoms. The van der Waals surface area contributed by atoms with Gasteiger partial charge in [-0.05, 0) is 29.8 Å². The highest BCUT2D eigenvalue weighted by atomic mass is 35.5. The summed E-state index contributed by atoms with van der Waals surface area (Å²) in [6, 6.07) is 8.71. The summed E-state index contributed by atoms with van der Waals surface area (Å²) in [7, 11) is 0. The van der Waals surface area contributed by atoms with Gasteiger partial charge in [-0.3, -0.25) is 4.57 Å². The zero-order valence-electron chi connectivity index (χ0n) is 12.6. The molecule has 2 aromatic carbocycles. The smallest absolute Gasteiger partial charge is 0.420 e. The van der Waals surface area contributed by atoms with Crippen LogP contribution in [0.25, 0.3) is 11.1 Å². The average molecular weight is 366 g/mol. The molecule has 1 aromatic heterocycles. The molecular formula is C17H13Cl2NO4. The molecule has 7 heteroatoms. The van der Waals surface area contributed by atoms with Gasteiger partial charge in [0.25, 0.3) is 0 Å². The summed E-state index contributed by atoms with van der Waals surface area (Å²) in [5.74, 6) is 0.698. The Balaban J connectivity index is 1.76. The number of nitrogens with zero attached hydrogens (tertiary/aromatic N) is 1. The molecule has 0 saturated carbocycles. The standard InChI is InChI=1S/C17H13Cl2NO4/c18-11-2-3-13-14(8-11)24-17(21)20(13)9-10-6-12(19)16-15(7-10)22-4-1-5-23-16/h2-3,6-8H,1,4-5,9H2. The highest BCUT2D eigenvalue weighted by Crippen LogP contribution is 2.38. The highest BCUT2D eigenvalue weighted by molar-refractivity contribution is 6.32. The molecule has 0 atom stereocenters. The van der Waals surface area contributed by atoms with E-state index in [1.807, 2.05) is 6.07 Å². The molecule has 0 unspecified atom stereocenters. The van der Waals surface area contributed by atoms with E-state index in [1.54, 1.807) is 24.3 Å². The van der Waals surface area contributed by atoms with Crippen molar-refractivity contribution in [3.05, 3.63) is 56.5 Å². The van der Waals surface area contributed by atoms with Crippen LogP contribution in [0.1, 0.15) is 12.0 Å². The number of ether oxygens (including phenoxy) is 2. The number of aromatic nitrogens is 1. The van der Waals surface area contributed by atoms with E-state index in [0.717, 1.165) is 12.0 Å². The van der Waals surface area contributed by atoms with Crippen LogP contribution < -0.4 is 15.2 Å². The summed E-state index contributed by atoms with van der Waals surface area (Å²) in [4.78, 5) is 12.1. The van der Waals surface area contributed by atoms with Crippen LogP contribution >= 0.6 is 23.2 Å². The van der Waals surface area contributed by atoms with E-state index in [1.165, 1.54) is 4.57 Å². The minimum absolute atomic E-state index is 0.309. The van der Waals surface area contributed by atoms with Crippen molar-refractivity contribution in [1.29, 1.82) is 0 Å². The molecule has 2 heterocycles. The number of rotatable bonds is 2. The third kappa shape index (κ3) is 2.74. The molecular weight excluding hydrogens is 353 g/mol. The number of benzene rings is 2. The van der Waals surface area contributed by atoms with Crippen molar-refractivity contribution >= 4 is 34.3 Å². The summed E-state index contributed by atoms with van der Waals surface area (Å²) in [5.41, 5.74) is 1.95. The Kier molecular flexibility index (Phi) is 3.90. The Morgan fingerprint density at radius 2 is 1.92 bits per heavy atom. The van der Waals surface area contributed by atoms with E-state index in [2.05, 4.69) is 0 Å². The maximum absolute atomic E-state index is 12.1. The number of halogens is 2. The normalized spacial score (nSPS) is 13.9. The lowest BCUT2D eigenvalue weighted by molar-refractivity contribution is 0.297. The molecule has 0 bridgehead atoms. The quantitative estimate of drug-likeness (QED) is 0.685. The minimum Gasteiger partial charge on any atom is -0.489 e. The maximum atomic E-state index is 12.1. The Labute approximate surface area is 147 Å². The van der Waals surface area contributed by atoms with Gasteiger partial charge < -0.3 is 13.9 Å². The van der Waals surface area contributed by atoms with Crippen LogP contribution in [0.3, 0.4) is 0 Å². The summed E-state index contributed by atoms with van der Waals surface area (Å²) < 4.78 is 18.1. The Hall–Kier alpha value is -2.11. The van der Waals surface area contributed by atoms with E-state index < -0.39 is 5.76 Å². The number of hydrogen-bond acceptors (Lipinski definition) is 4. The van der Waals surface area contributed by atoms with Crippen LogP contribution in [0.2, 0.25) is 10.0 Å². The fourth-order valence-corrected chi connectivity index (χ4v) is 3.20.